The van der Waals surface area contributed by atoms with Crippen molar-refractivity contribution >= 4 is 21.4 Å². The van der Waals surface area contributed by atoms with Gasteiger partial charge in [-0.25, -0.2) is 18.1 Å². The van der Waals surface area contributed by atoms with E-state index in [0.29, 0.717) is 28.2 Å². The summed E-state index contributed by atoms with van der Waals surface area (Å²) in [6.07, 6.45) is 10.4. The van der Waals surface area contributed by atoms with Crippen LogP contribution >= 0.6 is 0 Å². The van der Waals surface area contributed by atoms with Crippen molar-refractivity contribution in [2.75, 3.05) is 35.1 Å². The third-order valence-corrected chi connectivity index (χ3v) is 9.92. The number of aliphatic hydroxyl groups is 2. The van der Waals surface area contributed by atoms with Gasteiger partial charge in [-0.1, -0.05) is 24.1 Å². The second kappa shape index (κ2) is 10.5. The normalized spacial score (nSPS) is 19.9. The summed E-state index contributed by atoms with van der Waals surface area (Å²) in [4.78, 5) is 7.02. The van der Waals surface area contributed by atoms with Crippen LogP contribution in [0.1, 0.15) is 63.2 Å². The molecule has 0 amide bonds. The maximum Gasteiger partial charge on any atom is 0.234 e. The summed E-state index contributed by atoms with van der Waals surface area (Å²) >= 11 is 0. The topological polar surface area (TPSA) is 133 Å². The van der Waals surface area contributed by atoms with Crippen LogP contribution in [-0.4, -0.2) is 64.1 Å². The van der Waals surface area contributed by atoms with Crippen LogP contribution in [0.2, 0.25) is 0 Å². The van der Waals surface area contributed by atoms with E-state index in [2.05, 4.69) is 19.9 Å². The highest BCUT2D eigenvalue weighted by molar-refractivity contribution is 7.92. The first-order valence-electron chi connectivity index (χ1n) is 13.9. The number of aromatic nitrogens is 4. The summed E-state index contributed by atoms with van der Waals surface area (Å²) in [5, 5.41) is 28.8. The van der Waals surface area contributed by atoms with Gasteiger partial charge < -0.3 is 15.1 Å². The second-order valence-corrected chi connectivity index (χ2v) is 13.2. The molecule has 1 saturated heterocycles. The van der Waals surface area contributed by atoms with Crippen LogP contribution in [-0.2, 0) is 10.0 Å². The summed E-state index contributed by atoms with van der Waals surface area (Å²) in [6, 6.07) is 11.0. The Morgan fingerprint density at radius 3 is 2.51 bits per heavy atom. The molecule has 39 heavy (non-hydrogen) atoms. The quantitative estimate of drug-likeness (QED) is 0.366. The van der Waals surface area contributed by atoms with E-state index >= 15 is 0 Å². The van der Waals surface area contributed by atoms with Crippen molar-refractivity contribution < 1.29 is 18.6 Å². The smallest absolute Gasteiger partial charge is 0.234 e. The van der Waals surface area contributed by atoms with Gasteiger partial charge in [0.05, 0.1) is 53.1 Å². The van der Waals surface area contributed by atoms with E-state index in [1.165, 1.54) is 12.8 Å². The molecule has 3 fully saturated rings. The van der Waals surface area contributed by atoms with Crippen LogP contribution in [0.5, 0.6) is 0 Å². The molecular weight excluding hydrogens is 516 g/mol. The number of sulfonamides is 1. The molecule has 2 aliphatic carbocycles. The molecule has 3 N–H and O–H groups in total. The van der Waals surface area contributed by atoms with Crippen molar-refractivity contribution in [2.24, 2.45) is 11.3 Å². The lowest BCUT2D eigenvalue weighted by molar-refractivity contribution is 0.107. The fourth-order valence-electron chi connectivity index (χ4n) is 6.06. The first kappa shape index (κ1) is 26.2. The largest absolute Gasteiger partial charge is 0.395 e. The molecule has 1 spiro atoms. The number of anilines is 2. The fraction of sp³-hybridized carbons (Fsp3) is 0.536. The Balaban J connectivity index is 1.30. The Labute approximate surface area is 229 Å². The van der Waals surface area contributed by atoms with E-state index in [9.17, 15) is 13.5 Å². The van der Waals surface area contributed by atoms with Crippen molar-refractivity contribution in [3.8, 4) is 17.1 Å². The lowest BCUT2D eigenvalue weighted by Gasteiger charge is -2.35. The van der Waals surface area contributed by atoms with Gasteiger partial charge in [0, 0.05) is 13.1 Å². The standard InChI is InChI=1S/C28H36N6O4S/c35-16-17-39(37,38)31-21-8-9-25(26(18-21)33-14-12-28(10-11-28)13-15-33)34-19-24(30-32-34)22-6-3-7-23(29-22)27(36)20-4-1-2-5-20/h3,6-9,18-20,27,31,35-36H,1-2,4-5,10-17H2/t27-/m0/s1. The van der Waals surface area contributed by atoms with Crippen LogP contribution in [0, 0.1) is 11.3 Å². The molecule has 1 atom stereocenters. The van der Waals surface area contributed by atoms with E-state index in [0.717, 1.165) is 63.0 Å². The molecule has 2 aromatic heterocycles. The molecule has 1 aromatic carbocycles. The van der Waals surface area contributed by atoms with Gasteiger partial charge in [-0.2, -0.15) is 0 Å². The average molecular weight is 553 g/mol. The van der Waals surface area contributed by atoms with E-state index in [4.69, 9.17) is 10.1 Å². The Kier molecular flexibility index (Phi) is 7.07. The predicted octanol–water partition coefficient (Wildman–Crippen LogP) is 3.67. The van der Waals surface area contributed by atoms with E-state index in [1.54, 1.807) is 10.7 Å². The Morgan fingerprint density at radius 1 is 1.03 bits per heavy atom. The summed E-state index contributed by atoms with van der Waals surface area (Å²) in [5.41, 5.74) is 4.54. The summed E-state index contributed by atoms with van der Waals surface area (Å²) in [7, 11) is -3.65. The highest BCUT2D eigenvalue weighted by Gasteiger charge is 2.44. The molecule has 3 aliphatic rings. The second-order valence-electron chi connectivity index (χ2n) is 11.3. The molecule has 10 nitrogen and oxygen atoms in total. The number of nitrogens with zero attached hydrogens (tertiary/aromatic N) is 5. The summed E-state index contributed by atoms with van der Waals surface area (Å²) < 4.78 is 28.9. The summed E-state index contributed by atoms with van der Waals surface area (Å²) in [5.74, 6) is -0.108. The van der Waals surface area contributed by atoms with Crippen LogP contribution in [0.15, 0.2) is 42.6 Å². The van der Waals surface area contributed by atoms with Gasteiger partial charge in [0.25, 0.3) is 0 Å². The molecule has 11 heteroatoms. The highest BCUT2D eigenvalue weighted by atomic mass is 32.2. The van der Waals surface area contributed by atoms with Gasteiger partial charge in [0.1, 0.15) is 5.69 Å². The number of pyridine rings is 1. The van der Waals surface area contributed by atoms with Gasteiger partial charge >= 0.3 is 0 Å². The van der Waals surface area contributed by atoms with Crippen LogP contribution in [0.3, 0.4) is 0 Å². The zero-order valence-corrected chi connectivity index (χ0v) is 22.9. The molecule has 0 unspecified atom stereocenters. The average Bonchev–Trinajstić information content (AvgIpc) is 3.32. The lowest BCUT2D eigenvalue weighted by atomic mass is 9.93. The molecule has 0 bridgehead atoms. The SMILES string of the molecule is O=S(=O)(CCO)Nc1ccc(-n2cc(-c3cccc([C@@H](O)C4CCCC4)n3)nn2)c(N2CCC3(CC2)CC3)c1. The first-order valence-corrected chi connectivity index (χ1v) is 15.6. The van der Waals surface area contributed by atoms with E-state index < -0.39 is 22.7 Å². The van der Waals surface area contributed by atoms with E-state index in [-0.39, 0.29) is 11.7 Å². The third kappa shape index (κ3) is 5.66. The molecule has 208 valence electrons. The zero-order valence-electron chi connectivity index (χ0n) is 22.0. The number of nitrogens with one attached hydrogen (secondary N) is 1. The number of benzene rings is 1. The van der Waals surface area contributed by atoms with Gasteiger partial charge in [0.15, 0.2) is 0 Å². The van der Waals surface area contributed by atoms with Gasteiger partial charge in [-0.15, -0.1) is 5.10 Å². The van der Waals surface area contributed by atoms with Gasteiger partial charge in [-0.05, 0) is 80.2 Å². The molecule has 6 rings (SSSR count). The van der Waals surface area contributed by atoms with Crippen molar-refractivity contribution in [2.45, 2.75) is 57.5 Å². The van der Waals surface area contributed by atoms with Crippen LogP contribution in [0.25, 0.3) is 17.1 Å². The van der Waals surface area contributed by atoms with Crippen molar-refractivity contribution in [3.63, 3.8) is 0 Å². The lowest BCUT2D eigenvalue weighted by Crippen LogP contribution is -2.35. The molecular formula is C28H36N6O4S. The number of piperidine rings is 1. The Morgan fingerprint density at radius 2 is 1.79 bits per heavy atom. The summed E-state index contributed by atoms with van der Waals surface area (Å²) in [6.45, 7) is 1.34. The Bertz CT molecular complexity index is 1420. The van der Waals surface area contributed by atoms with Crippen LogP contribution in [0.4, 0.5) is 11.4 Å². The molecule has 1 aliphatic heterocycles. The molecule has 2 saturated carbocycles. The number of hydrogen-bond donors (Lipinski definition) is 3. The molecule has 3 heterocycles. The first-order chi connectivity index (χ1) is 18.8. The molecule has 3 aromatic rings. The Hall–Kier alpha value is -3.02. The fourth-order valence-corrected chi connectivity index (χ4v) is 6.88. The molecule has 0 radical (unpaired) electrons. The third-order valence-electron chi connectivity index (χ3n) is 8.65. The van der Waals surface area contributed by atoms with E-state index in [1.807, 2.05) is 36.5 Å². The van der Waals surface area contributed by atoms with Crippen molar-refractivity contribution in [1.29, 1.82) is 0 Å². The number of hydrogen-bond acceptors (Lipinski definition) is 8. The maximum atomic E-state index is 12.3. The van der Waals surface area contributed by atoms with Gasteiger partial charge in [-0.3, -0.25) is 4.72 Å². The minimum absolute atomic E-state index is 0.249. The maximum absolute atomic E-state index is 12.3. The van der Waals surface area contributed by atoms with Crippen molar-refractivity contribution in [1.82, 2.24) is 20.0 Å². The van der Waals surface area contributed by atoms with Gasteiger partial charge in [0.2, 0.25) is 10.0 Å². The van der Waals surface area contributed by atoms with Crippen LogP contribution < -0.4 is 9.62 Å². The monoisotopic (exact) mass is 552 g/mol. The minimum Gasteiger partial charge on any atom is -0.395 e. The highest BCUT2D eigenvalue weighted by Crippen LogP contribution is 2.54. The minimum atomic E-state index is -3.65. The van der Waals surface area contributed by atoms with Crippen molar-refractivity contribution in [3.05, 3.63) is 48.3 Å². The number of rotatable bonds is 9. The predicted molar refractivity (Wildman–Crippen MR) is 149 cm³/mol. The zero-order chi connectivity index (χ0) is 27.0. The number of aliphatic hydroxyl groups excluding tert-OH is 2.